The SMILES string of the molecule is CCCCCCCCCCCCCCCCCCCCCCCCCCCC(O)C(COC1OC(CO)C(OC2OC(CO)C(OC3OC(CO)C(O)C(O)C3O)C(O)C2O)C(O)C1O)NC(=O)CCCCCCCCCCCCCCCCCCC. The van der Waals surface area contributed by atoms with E-state index >= 15 is 0 Å². The average molecular weight is 1250 g/mol. The number of carbonyl (C=O) groups excluding carboxylic acids is 1. The maximum Gasteiger partial charge on any atom is 0.220 e. The third kappa shape index (κ3) is 33.5. The van der Waals surface area contributed by atoms with Crippen LogP contribution in [-0.4, -0.2) is 193 Å². The van der Waals surface area contributed by atoms with E-state index in [1.54, 1.807) is 0 Å². The Kier molecular flexibility index (Phi) is 47.1. The molecule has 87 heavy (non-hydrogen) atoms. The van der Waals surface area contributed by atoms with Crippen molar-refractivity contribution >= 4 is 5.91 Å². The van der Waals surface area contributed by atoms with E-state index in [2.05, 4.69) is 19.2 Å². The number of nitrogens with one attached hydrogen (secondary N) is 1. The molecule has 19 nitrogen and oxygen atoms in total. The molecule has 3 fully saturated rings. The Balaban J connectivity index is 1.41. The van der Waals surface area contributed by atoms with Gasteiger partial charge in [-0.2, -0.15) is 0 Å². The van der Waals surface area contributed by atoms with Crippen LogP contribution in [0.1, 0.15) is 296 Å². The minimum absolute atomic E-state index is 0.236. The first kappa shape index (κ1) is 80.0. The van der Waals surface area contributed by atoms with Crippen molar-refractivity contribution in [2.24, 2.45) is 0 Å². The van der Waals surface area contributed by atoms with Crippen molar-refractivity contribution in [3.05, 3.63) is 0 Å². The van der Waals surface area contributed by atoms with E-state index in [-0.39, 0.29) is 18.9 Å². The number of carbonyl (C=O) groups is 1. The lowest BCUT2D eigenvalue weighted by Gasteiger charge is -2.48. The van der Waals surface area contributed by atoms with Gasteiger partial charge in [0.05, 0.1) is 38.6 Å². The van der Waals surface area contributed by atoms with Gasteiger partial charge in [-0.3, -0.25) is 4.79 Å². The van der Waals surface area contributed by atoms with Crippen LogP contribution in [0.25, 0.3) is 0 Å². The maximum atomic E-state index is 13.4. The molecule has 17 atom stereocenters. The summed E-state index contributed by atoms with van der Waals surface area (Å²) < 4.78 is 34.4. The molecule has 0 spiro atoms. The first-order chi connectivity index (χ1) is 42.3. The van der Waals surface area contributed by atoms with Gasteiger partial charge in [-0.25, -0.2) is 0 Å². The van der Waals surface area contributed by atoms with Crippen molar-refractivity contribution in [3.8, 4) is 0 Å². The Labute approximate surface area is 525 Å². The van der Waals surface area contributed by atoms with E-state index in [1.165, 1.54) is 218 Å². The minimum Gasteiger partial charge on any atom is -0.394 e. The molecule has 17 unspecified atom stereocenters. The molecule has 3 saturated heterocycles. The van der Waals surface area contributed by atoms with E-state index < -0.39 is 124 Å². The Hall–Kier alpha value is -1.21. The van der Waals surface area contributed by atoms with Gasteiger partial charge in [0.15, 0.2) is 18.9 Å². The quantitative estimate of drug-likeness (QED) is 0.0252. The van der Waals surface area contributed by atoms with Crippen LogP contribution in [0.4, 0.5) is 0 Å². The van der Waals surface area contributed by atoms with Crippen molar-refractivity contribution in [1.82, 2.24) is 5.32 Å². The Morgan fingerprint density at radius 3 is 1.00 bits per heavy atom. The number of ether oxygens (including phenoxy) is 6. The number of amides is 1. The zero-order valence-electron chi connectivity index (χ0n) is 54.5. The lowest BCUT2D eigenvalue weighted by atomic mass is 9.96. The molecule has 0 bridgehead atoms. The zero-order valence-corrected chi connectivity index (χ0v) is 54.5. The number of hydrogen-bond acceptors (Lipinski definition) is 18. The largest absolute Gasteiger partial charge is 0.394 e. The van der Waals surface area contributed by atoms with Gasteiger partial charge < -0.3 is 89.9 Å². The normalized spacial score (nSPS) is 28.5. The second-order valence-corrected chi connectivity index (χ2v) is 26.1. The summed E-state index contributed by atoms with van der Waals surface area (Å²) in [5.74, 6) is -0.236. The maximum absolute atomic E-state index is 13.4. The summed E-state index contributed by atoms with van der Waals surface area (Å²) in [4.78, 5) is 13.4. The minimum atomic E-state index is -1.97. The average Bonchev–Trinajstić information content (AvgIpc) is 1.13. The van der Waals surface area contributed by atoms with Crippen molar-refractivity contribution in [2.45, 2.75) is 401 Å². The summed E-state index contributed by atoms with van der Waals surface area (Å²) in [5, 5.41) is 121. The van der Waals surface area contributed by atoms with Crippen molar-refractivity contribution in [2.75, 3.05) is 26.4 Å². The van der Waals surface area contributed by atoms with Gasteiger partial charge in [-0.05, 0) is 12.8 Å². The van der Waals surface area contributed by atoms with Crippen LogP contribution in [0.5, 0.6) is 0 Å². The lowest BCUT2D eigenvalue weighted by molar-refractivity contribution is -0.379. The molecular weight excluding hydrogens is 1120 g/mol. The highest BCUT2D eigenvalue weighted by Gasteiger charge is 2.53. The van der Waals surface area contributed by atoms with E-state index in [4.69, 9.17) is 28.4 Å². The summed E-state index contributed by atoms with van der Waals surface area (Å²) in [5.41, 5.74) is 0. The third-order valence-corrected chi connectivity index (χ3v) is 18.4. The fourth-order valence-electron chi connectivity index (χ4n) is 12.6. The second kappa shape index (κ2) is 51.2. The fourth-order valence-corrected chi connectivity index (χ4v) is 12.6. The van der Waals surface area contributed by atoms with Crippen LogP contribution in [-0.2, 0) is 33.2 Å². The van der Waals surface area contributed by atoms with Gasteiger partial charge >= 0.3 is 0 Å². The summed E-state index contributed by atoms with van der Waals surface area (Å²) in [6, 6.07) is -0.881. The third-order valence-electron chi connectivity index (χ3n) is 18.4. The summed E-state index contributed by atoms with van der Waals surface area (Å²) >= 11 is 0. The first-order valence-corrected chi connectivity index (χ1v) is 35.8. The zero-order chi connectivity index (χ0) is 63.3. The molecule has 12 N–H and O–H groups in total. The van der Waals surface area contributed by atoms with Crippen LogP contribution in [0.3, 0.4) is 0 Å². The van der Waals surface area contributed by atoms with E-state index in [0.717, 1.165) is 44.9 Å². The number of rotatable bonds is 56. The summed E-state index contributed by atoms with van der Waals surface area (Å²) in [6.45, 7) is 1.85. The number of unbranched alkanes of at least 4 members (excludes halogenated alkanes) is 40. The molecule has 3 aliphatic heterocycles. The molecule has 0 aromatic carbocycles. The highest BCUT2D eigenvalue weighted by Crippen LogP contribution is 2.33. The van der Waals surface area contributed by atoms with Gasteiger partial charge in [0, 0.05) is 6.42 Å². The Bertz CT molecular complexity index is 1590. The predicted octanol–water partition coefficient (Wildman–Crippen LogP) is 9.50. The van der Waals surface area contributed by atoms with Gasteiger partial charge in [0.2, 0.25) is 5.91 Å². The monoisotopic (exact) mass is 1250 g/mol. The molecule has 19 heteroatoms. The lowest BCUT2D eigenvalue weighted by Crippen LogP contribution is -2.66. The molecule has 0 aromatic heterocycles. The van der Waals surface area contributed by atoms with Crippen molar-refractivity contribution in [3.63, 3.8) is 0 Å². The van der Waals surface area contributed by atoms with E-state index in [0.29, 0.717) is 12.8 Å². The number of hydrogen-bond donors (Lipinski definition) is 12. The molecule has 0 aromatic rings. The smallest absolute Gasteiger partial charge is 0.220 e. The van der Waals surface area contributed by atoms with Crippen molar-refractivity contribution in [1.29, 1.82) is 0 Å². The van der Waals surface area contributed by atoms with Crippen LogP contribution < -0.4 is 5.32 Å². The number of aliphatic hydroxyl groups is 11. The van der Waals surface area contributed by atoms with E-state index in [9.17, 15) is 61.0 Å². The highest BCUT2D eigenvalue weighted by molar-refractivity contribution is 5.76. The predicted molar refractivity (Wildman–Crippen MR) is 337 cm³/mol. The molecular formula is C68H131NO18. The highest BCUT2D eigenvalue weighted by atomic mass is 16.8. The Morgan fingerprint density at radius 2 is 0.655 bits per heavy atom. The Morgan fingerprint density at radius 1 is 0.368 bits per heavy atom. The van der Waals surface area contributed by atoms with Crippen molar-refractivity contribution < 1.29 is 89.4 Å². The second-order valence-electron chi connectivity index (χ2n) is 26.1. The molecule has 3 aliphatic rings. The topological polar surface area (TPSA) is 307 Å². The van der Waals surface area contributed by atoms with Gasteiger partial charge in [-0.15, -0.1) is 0 Å². The number of aliphatic hydroxyl groups excluding tert-OH is 11. The fraction of sp³-hybridized carbons (Fsp3) is 0.985. The van der Waals surface area contributed by atoms with Gasteiger partial charge in [0.25, 0.3) is 0 Å². The van der Waals surface area contributed by atoms with Crippen LogP contribution in [0.2, 0.25) is 0 Å². The summed E-state index contributed by atoms with van der Waals surface area (Å²) in [6.07, 6.45) is 27.5. The van der Waals surface area contributed by atoms with Gasteiger partial charge in [-0.1, -0.05) is 277 Å². The molecule has 516 valence electrons. The van der Waals surface area contributed by atoms with Crippen LogP contribution >= 0.6 is 0 Å². The van der Waals surface area contributed by atoms with E-state index in [1.807, 2.05) is 0 Å². The standard InChI is InChI=1S/C68H131NO18/c1-3-5-7-9-11-13-15-17-19-21-22-23-24-25-26-27-28-30-31-33-35-37-39-41-43-45-52(73)51(69-56(74)46-44-42-40-38-36-34-32-29-20-18-16-14-12-10-8-6-4-2)50-82-66-62(80)59(77)64(54(48-71)84-66)87-68-63(81)60(78)65(55(49-72)85-68)86-67-61(79)58(76)57(75)53(47-70)83-67/h51-55,57-68,70-73,75-81H,3-50H2,1-2H3,(H,69,74). The van der Waals surface area contributed by atoms with Crippen LogP contribution in [0, 0.1) is 0 Å². The molecule has 3 heterocycles. The molecule has 0 aliphatic carbocycles. The van der Waals surface area contributed by atoms with Gasteiger partial charge in [0.1, 0.15) is 73.2 Å². The molecule has 1 amide bonds. The van der Waals surface area contributed by atoms with Crippen LogP contribution in [0.15, 0.2) is 0 Å². The molecule has 0 saturated carbocycles. The molecule has 0 radical (unpaired) electrons. The molecule has 3 rings (SSSR count). The summed E-state index contributed by atoms with van der Waals surface area (Å²) in [7, 11) is 0. The first-order valence-electron chi connectivity index (χ1n) is 35.8.